The van der Waals surface area contributed by atoms with Crippen LogP contribution < -0.4 is 10.6 Å². The third-order valence-corrected chi connectivity index (χ3v) is 3.49. The second-order valence-electron chi connectivity index (χ2n) is 5.65. The number of nitrogens with one attached hydrogen (secondary N) is 2. The maximum absolute atomic E-state index is 12.7. The highest BCUT2D eigenvalue weighted by Gasteiger charge is 2.34. The number of amides is 2. The summed E-state index contributed by atoms with van der Waals surface area (Å²) in [5.41, 5.74) is -1.02. The molecular weight excluding hydrogens is 283 g/mol. The van der Waals surface area contributed by atoms with E-state index >= 15 is 0 Å². The molecule has 1 aromatic carbocycles. The number of halogens is 3. The zero-order valence-electron chi connectivity index (χ0n) is 11.9. The summed E-state index contributed by atoms with van der Waals surface area (Å²) in [6.07, 6.45) is -4.42. The Morgan fingerprint density at radius 2 is 2.10 bits per heavy atom. The van der Waals surface area contributed by atoms with Crippen molar-refractivity contribution in [1.82, 2.24) is 10.2 Å². The zero-order chi connectivity index (χ0) is 15.7. The Balaban J connectivity index is 2.13. The lowest BCUT2D eigenvalue weighted by molar-refractivity contribution is -0.137. The molecule has 1 fully saturated rings. The number of urea groups is 1. The van der Waals surface area contributed by atoms with E-state index in [-0.39, 0.29) is 17.3 Å². The third kappa shape index (κ3) is 3.66. The molecule has 0 atom stereocenters. The number of carbonyl (C=O) groups is 1. The van der Waals surface area contributed by atoms with E-state index in [2.05, 4.69) is 10.6 Å². The molecule has 1 saturated heterocycles. The highest BCUT2D eigenvalue weighted by Crippen LogP contribution is 2.30. The number of hydrogen-bond donors (Lipinski definition) is 2. The normalized spacial score (nSPS) is 18.4. The fraction of sp³-hybridized carbons (Fsp3) is 0.500. The molecule has 0 bridgehead atoms. The van der Waals surface area contributed by atoms with E-state index < -0.39 is 11.7 Å². The number of alkyl halides is 3. The highest BCUT2D eigenvalue weighted by atomic mass is 19.4. The number of anilines is 1. The molecule has 0 aromatic heterocycles. The number of rotatable bonds is 1. The molecule has 2 amide bonds. The maximum Gasteiger partial charge on any atom is 0.416 e. The second kappa shape index (κ2) is 5.55. The van der Waals surface area contributed by atoms with E-state index in [0.29, 0.717) is 19.6 Å². The van der Waals surface area contributed by atoms with Crippen LogP contribution in [0, 0.1) is 0 Å². The molecule has 1 heterocycles. The Kier molecular flexibility index (Phi) is 4.13. The van der Waals surface area contributed by atoms with Crippen LogP contribution in [0.5, 0.6) is 0 Å². The van der Waals surface area contributed by atoms with Crippen LogP contribution in [0.1, 0.15) is 19.4 Å². The van der Waals surface area contributed by atoms with Gasteiger partial charge in [0, 0.05) is 25.3 Å². The van der Waals surface area contributed by atoms with Crippen LogP contribution in [0.25, 0.3) is 0 Å². The predicted octanol–water partition coefficient (Wildman–Crippen LogP) is 2.92. The number of piperazine rings is 1. The molecule has 7 heteroatoms. The third-order valence-electron chi connectivity index (χ3n) is 3.49. The number of nitrogens with zero attached hydrogens (tertiary/aromatic N) is 1. The van der Waals surface area contributed by atoms with Crippen LogP contribution in [0.3, 0.4) is 0 Å². The first-order valence-corrected chi connectivity index (χ1v) is 6.67. The number of hydrogen-bond acceptors (Lipinski definition) is 2. The lowest BCUT2D eigenvalue weighted by atomic mass is 10.0. The molecule has 4 nitrogen and oxygen atoms in total. The second-order valence-corrected chi connectivity index (χ2v) is 5.65. The molecule has 0 unspecified atom stereocenters. The monoisotopic (exact) mass is 301 g/mol. The molecule has 0 spiro atoms. The zero-order valence-corrected chi connectivity index (χ0v) is 11.9. The van der Waals surface area contributed by atoms with Crippen LogP contribution >= 0.6 is 0 Å². The fourth-order valence-electron chi connectivity index (χ4n) is 2.32. The van der Waals surface area contributed by atoms with E-state index in [1.165, 1.54) is 12.1 Å². The summed E-state index contributed by atoms with van der Waals surface area (Å²) in [6, 6.07) is 4.25. The lowest BCUT2D eigenvalue weighted by Gasteiger charge is -2.42. The van der Waals surface area contributed by atoms with Crippen molar-refractivity contribution in [3.05, 3.63) is 29.8 Å². The Bertz CT molecular complexity index is 528. The van der Waals surface area contributed by atoms with Gasteiger partial charge in [-0.15, -0.1) is 0 Å². The van der Waals surface area contributed by atoms with Crippen LogP contribution in [0.2, 0.25) is 0 Å². The van der Waals surface area contributed by atoms with Crippen molar-refractivity contribution in [2.45, 2.75) is 25.6 Å². The average Bonchev–Trinajstić information content (AvgIpc) is 2.37. The minimum absolute atomic E-state index is 0.143. The summed E-state index contributed by atoms with van der Waals surface area (Å²) < 4.78 is 38.0. The van der Waals surface area contributed by atoms with Crippen molar-refractivity contribution in [3.8, 4) is 0 Å². The first-order chi connectivity index (χ1) is 9.70. The quantitative estimate of drug-likeness (QED) is 0.837. The first-order valence-electron chi connectivity index (χ1n) is 6.67. The van der Waals surface area contributed by atoms with Gasteiger partial charge in [-0.2, -0.15) is 13.2 Å². The topological polar surface area (TPSA) is 44.4 Å². The van der Waals surface area contributed by atoms with E-state index in [9.17, 15) is 18.0 Å². The van der Waals surface area contributed by atoms with Gasteiger partial charge >= 0.3 is 12.2 Å². The molecule has 1 aliphatic heterocycles. The van der Waals surface area contributed by atoms with Gasteiger partial charge in [-0.3, -0.25) is 0 Å². The molecular formula is C14H18F3N3O. The Morgan fingerprint density at radius 3 is 2.71 bits per heavy atom. The van der Waals surface area contributed by atoms with Crippen LogP contribution in [-0.4, -0.2) is 36.1 Å². The summed E-state index contributed by atoms with van der Waals surface area (Å²) in [7, 11) is 0. The summed E-state index contributed by atoms with van der Waals surface area (Å²) in [5.74, 6) is 0. The number of carbonyl (C=O) groups excluding carboxylic acids is 1. The van der Waals surface area contributed by atoms with Crippen LogP contribution in [-0.2, 0) is 6.18 Å². The summed E-state index contributed by atoms with van der Waals surface area (Å²) in [5, 5.41) is 5.72. The van der Waals surface area contributed by atoms with Gasteiger partial charge < -0.3 is 15.5 Å². The average molecular weight is 301 g/mol. The van der Waals surface area contributed by atoms with E-state index in [4.69, 9.17) is 0 Å². The fourth-order valence-corrected chi connectivity index (χ4v) is 2.32. The van der Waals surface area contributed by atoms with Crippen molar-refractivity contribution in [1.29, 1.82) is 0 Å². The van der Waals surface area contributed by atoms with Crippen molar-refractivity contribution in [3.63, 3.8) is 0 Å². The molecule has 2 rings (SSSR count). The lowest BCUT2D eigenvalue weighted by Crippen LogP contribution is -2.60. The summed E-state index contributed by atoms with van der Waals surface area (Å²) in [4.78, 5) is 13.9. The Hall–Kier alpha value is -1.76. The summed E-state index contributed by atoms with van der Waals surface area (Å²) in [6.45, 7) is 5.63. The Labute approximate surface area is 121 Å². The molecule has 0 saturated carbocycles. The van der Waals surface area contributed by atoms with Gasteiger partial charge in [0.15, 0.2) is 0 Å². The largest absolute Gasteiger partial charge is 0.416 e. The van der Waals surface area contributed by atoms with Crippen molar-refractivity contribution >= 4 is 11.7 Å². The van der Waals surface area contributed by atoms with E-state index in [1.54, 1.807) is 4.90 Å². The highest BCUT2D eigenvalue weighted by molar-refractivity contribution is 5.90. The molecule has 2 N–H and O–H groups in total. The minimum Gasteiger partial charge on any atom is -0.317 e. The Morgan fingerprint density at radius 1 is 1.38 bits per heavy atom. The van der Waals surface area contributed by atoms with Gasteiger partial charge in [-0.25, -0.2) is 4.79 Å². The van der Waals surface area contributed by atoms with Crippen molar-refractivity contribution < 1.29 is 18.0 Å². The first kappa shape index (κ1) is 15.6. The molecule has 21 heavy (non-hydrogen) atoms. The minimum atomic E-state index is -4.42. The molecule has 1 aliphatic rings. The van der Waals surface area contributed by atoms with E-state index in [0.717, 1.165) is 12.1 Å². The maximum atomic E-state index is 12.7. The van der Waals surface area contributed by atoms with Gasteiger partial charge in [0.2, 0.25) is 0 Å². The smallest absolute Gasteiger partial charge is 0.317 e. The van der Waals surface area contributed by atoms with Gasteiger partial charge in [0.1, 0.15) is 0 Å². The van der Waals surface area contributed by atoms with Gasteiger partial charge in [0.05, 0.1) is 11.1 Å². The predicted molar refractivity (Wildman–Crippen MR) is 74.1 cm³/mol. The van der Waals surface area contributed by atoms with Gasteiger partial charge in [0.25, 0.3) is 0 Å². The molecule has 0 aliphatic carbocycles. The van der Waals surface area contributed by atoms with Crippen LogP contribution in [0.15, 0.2) is 24.3 Å². The molecule has 1 aromatic rings. The molecule has 0 radical (unpaired) electrons. The SMILES string of the molecule is CC1(C)CNCCN1C(=O)Nc1cccc(C(F)(F)F)c1. The summed E-state index contributed by atoms with van der Waals surface area (Å²) >= 11 is 0. The van der Waals surface area contributed by atoms with Crippen molar-refractivity contribution in [2.75, 3.05) is 25.0 Å². The van der Waals surface area contributed by atoms with Crippen molar-refractivity contribution in [2.24, 2.45) is 0 Å². The van der Waals surface area contributed by atoms with E-state index in [1.807, 2.05) is 13.8 Å². The standard InChI is InChI=1S/C14H18F3N3O/c1-13(2)9-18-6-7-20(13)12(21)19-11-5-3-4-10(8-11)14(15,16)17/h3-5,8,18H,6-7,9H2,1-2H3,(H,19,21). The number of benzene rings is 1. The van der Waals surface area contributed by atoms with Crippen LogP contribution in [0.4, 0.5) is 23.7 Å². The van der Waals surface area contributed by atoms with Gasteiger partial charge in [-0.05, 0) is 32.0 Å². The molecule has 116 valence electrons. The van der Waals surface area contributed by atoms with Gasteiger partial charge in [-0.1, -0.05) is 6.07 Å².